The molecule has 1 aromatic heterocycles. The average Bonchev–Trinajstić information content (AvgIpc) is 3.11. The molecule has 3 N–H and O–H groups in total. The fourth-order valence-corrected chi connectivity index (χ4v) is 3.04. The molecular weight excluding hydrogens is 328 g/mol. The number of ether oxygens (including phenoxy) is 2. The van der Waals surface area contributed by atoms with E-state index in [0.29, 0.717) is 17.1 Å². The van der Waals surface area contributed by atoms with Crippen molar-refractivity contribution >= 4 is 23.2 Å². The fourth-order valence-electron chi connectivity index (χ4n) is 2.18. The number of rotatable bonds is 8. The summed E-state index contributed by atoms with van der Waals surface area (Å²) in [7, 11) is 1.47. The summed E-state index contributed by atoms with van der Waals surface area (Å²) in [5.74, 6) is -0.0539. The second kappa shape index (κ2) is 8.35. The molecule has 24 heavy (non-hydrogen) atoms. The first kappa shape index (κ1) is 17.8. The van der Waals surface area contributed by atoms with Gasteiger partial charge in [0.05, 0.1) is 13.2 Å². The van der Waals surface area contributed by atoms with Gasteiger partial charge in [-0.05, 0) is 36.1 Å². The monoisotopic (exact) mass is 348 g/mol. The maximum absolute atomic E-state index is 12.5. The highest BCUT2D eigenvalue weighted by molar-refractivity contribution is 7.10. The van der Waals surface area contributed by atoms with Gasteiger partial charge in [-0.3, -0.25) is 9.59 Å². The summed E-state index contributed by atoms with van der Waals surface area (Å²) in [5, 5.41) is 4.99. The Bertz CT molecular complexity index is 701. The maximum Gasteiger partial charge on any atom is 0.255 e. The molecule has 2 rings (SSSR count). The van der Waals surface area contributed by atoms with Crippen molar-refractivity contribution in [1.82, 2.24) is 5.32 Å². The Morgan fingerprint density at radius 1 is 1.29 bits per heavy atom. The van der Waals surface area contributed by atoms with Crippen LogP contribution >= 0.6 is 11.3 Å². The van der Waals surface area contributed by atoms with Gasteiger partial charge in [-0.15, -0.1) is 11.3 Å². The van der Waals surface area contributed by atoms with Crippen molar-refractivity contribution in [1.29, 1.82) is 0 Å². The molecular formula is C17H20N2O4S. The van der Waals surface area contributed by atoms with Crippen LogP contribution < -0.4 is 20.5 Å². The van der Waals surface area contributed by atoms with E-state index in [-0.39, 0.29) is 18.6 Å². The predicted octanol–water partition coefficient (Wildman–Crippen LogP) is 2.50. The summed E-state index contributed by atoms with van der Waals surface area (Å²) in [6.07, 6.45) is 0.795. The molecule has 1 aromatic carbocycles. The summed E-state index contributed by atoms with van der Waals surface area (Å²) in [5.41, 5.74) is 5.51. The van der Waals surface area contributed by atoms with Crippen LogP contribution in [0, 0.1) is 0 Å². The number of carbonyl (C=O) groups is 2. The maximum atomic E-state index is 12.5. The van der Waals surface area contributed by atoms with Gasteiger partial charge < -0.3 is 20.5 Å². The first-order valence-corrected chi connectivity index (χ1v) is 8.36. The zero-order chi connectivity index (χ0) is 17.5. The van der Waals surface area contributed by atoms with E-state index in [0.717, 1.165) is 11.3 Å². The van der Waals surface area contributed by atoms with Gasteiger partial charge in [-0.2, -0.15) is 0 Å². The zero-order valence-electron chi connectivity index (χ0n) is 13.6. The van der Waals surface area contributed by atoms with Gasteiger partial charge in [-0.25, -0.2) is 0 Å². The number of methoxy groups -OCH3 is 1. The molecule has 128 valence electrons. The van der Waals surface area contributed by atoms with Crippen LogP contribution in [0.5, 0.6) is 11.5 Å². The number of thiophene rings is 1. The Kier molecular flexibility index (Phi) is 6.20. The molecule has 0 bridgehead atoms. The highest BCUT2D eigenvalue weighted by Crippen LogP contribution is 2.29. The fraction of sp³-hybridized carbons (Fsp3) is 0.294. The Labute approximate surface area is 144 Å². The molecule has 6 nitrogen and oxygen atoms in total. The van der Waals surface area contributed by atoms with E-state index in [2.05, 4.69) is 5.32 Å². The van der Waals surface area contributed by atoms with Crippen LogP contribution in [-0.4, -0.2) is 25.5 Å². The third kappa shape index (κ3) is 4.48. The number of hydrogen-bond acceptors (Lipinski definition) is 5. The van der Waals surface area contributed by atoms with Crippen molar-refractivity contribution in [3.05, 3.63) is 46.2 Å². The average molecular weight is 348 g/mol. The van der Waals surface area contributed by atoms with Gasteiger partial charge in [0.1, 0.15) is 0 Å². The Morgan fingerprint density at radius 2 is 2.08 bits per heavy atom. The molecule has 0 radical (unpaired) electrons. The van der Waals surface area contributed by atoms with E-state index in [4.69, 9.17) is 15.2 Å². The summed E-state index contributed by atoms with van der Waals surface area (Å²) >= 11 is 1.61. The molecule has 0 saturated carbocycles. The lowest BCUT2D eigenvalue weighted by atomic mass is 10.1. The lowest BCUT2D eigenvalue weighted by Crippen LogP contribution is -2.27. The normalized spacial score (nSPS) is 11.6. The van der Waals surface area contributed by atoms with Gasteiger partial charge in [0.15, 0.2) is 18.1 Å². The lowest BCUT2D eigenvalue weighted by molar-refractivity contribution is -0.119. The number of carbonyl (C=O) groups excluding carboxylic acids is 2. The van der Waals surface area contributed by atoms with E-state index in [1.807, 2.05) is 24.4 Å². The number of nitrogens with one attached hydrogen (secondary N) is 1. The van der Waals surface area contributed by atoms with Gasteiger partial charge in [-0.1, -0.05) is 13.0 Å². The lowest BCUT2D eigenvalue weighted by Gasteiger charge is -2.16. The molecule has 0 saturated heterocycles. The molecule has 0 aliphatic heterocycles. The number of amides is 2. The topological polar surface area (TPSA) is 90.6 Å². The van der Waals surface area contributed by atoms with Crippen molar-refractivity contribution in [3.8, 4) is 11.5 Å². The number of nitrogens with two attached hydrogens (primary N) is 1. The van der Waals surface area contributed by atoms with Crippen molar-refractivity contribution < 1.29 is 19.1 Å². The van der Waals surface area contributed by atoms with Crippen molar-refractivity contribution in [2.45, 2.75) is 19.4 Å². The molecule has 0 spiro atoms. The molecule has 7 heteroatoms. The van der Waals surface area contributed by atoms with Crippen LogP contribution in [0.15, 0.2) is 35.7 Å². The Hall–Kier alpha value is -2.54. The third-order valence-corrected chi connectivity index (χ3v) is 4.38. The van der Waals surface area contributed by atoms with Gasteiger partial charge in [0.25, 0.3) is 11.8 Å². The van der Waals surface area contributed by atoms with Gasteiger partial charge in [0, 0.05) is 10.4 Å². The van der Waals surface area contributed by atoms with E-state index in [1.54, 1.807) is 29.5 Å². The first-order valence-electron chi connectivity index (χ1n) is 7.48. The SMILES string of the molecule is CCC(NC(=O)c1ccc(OCC(N)=O)c(OC)c1)c1cccs1. The molecule has 2 amide bonds. The highest BCUT2D eigenvalue weighted by atomic mass is 32.1. The summed E-state index contributed by atoms with van der Waals surface area (Å²) in [4.78, 5) is 24.4. The molecule has 1 atom stereocenters. The predicted molar refractivity (Wildman–Crippen MR) is 92.5 cm³/mol. The van der Waals surface area contributed by atoms with E-state index in [1.165, 1.54) is 7.11 Å². The van der Waals surface area contributed by atoms with Crippen molar-refractivity contribution in [2.75, 3.05) is 13.7 Å². The largest absolute Gasteiger partial charge is 0.493 e. The van der Waals surface area contributed by atoms with Gasteiger partial charge >= 0.3 is 0 Å². The van der Waals surface area contributed by atoms with Crippen LogP contribution in [0.3, 0.4) is 0 Å². The Morgan fingerprint density at radius 3 is 2.67 bits per heavy atom. The minimum absolute atomic E-state index is 0.0331. The quantitative estimate of drug-likeness (QED) is 0.767. The van der Waals surface area contributed by atoms with Crippen LogP contribution in [-0.2, 0) is 4.79 Å². The molecule has 2 aromatic rings. The third-order valence-electron chi connectivity index (χ3n) is 3.40. The minimum atomic E-state index is -0.583. The summed E-state index contributed by atoms with van der Waals surface area (Å²) in [6.45, 7) is 1.77. The second-order valence-electron chi connectivity index (χ2n) is 5.07. The van der Waals surface area contributed by atoms with Crippen LogP contribution in [0.4, 0.5) is 0 Å². The van der Waals surface area contributed by atoms with E-state index >= 15 is 0 Å². The van der Waals surface area contributed by atoms with E-state index in [9.17, 15) is 9.59 Å². The first-order chi connectivity index (χ1) is 11.5. The molecule has 1 unspecified atom stereocenters. The van der Waals surface area contributed by atoms with Crippen molar-refractivity contribution in [2.24, 2.45) is 5.73 Å². The van der Waals surface area contributed by atoms with Crippen molar-refractivity contribution in [3.63, 3.8) is 0 Å². The summed E-state index contributed by atoms with van der Waals surface area (Å²) in [6, 6.07) is 8.71. The summed E-state index contributed by atoms with van der Waals surface area (Å²) < 4.78 is 10.5. The number of benzene rings is 1. The van der Waals surface area contributed by atoms with Crippen LogP contribution in [0.25, 0.3) is 0 Å². The second-order valence-corrected chi connectivity index (χ2v) is 6.05. The minimum Gasteiger partial charge on any atom is -0.493 e. The van der Waals surface area contributed by atoms with Crippen LogP contribution in [0.2, 0.25) is 0 Å². The Balaban J connectivity index is 2.13. The smallest absolute Gasteiger partial charge is 0.255 e. The number of hydrogen-bond donors (Lipinski definition) is 2. The molecule has 0 fully saturated rings. The standard InChI is InChI=1S/C17H20N2O4S/c1-3-12(15-5-4-8-24-15)19-17(21)11-6-7-13(14(9-11)22-2)23-10-16(18)20/h4-9,12H,3,10H2,1-2H3,(H2,18,20)(H,19,21). The van der Waals surface area contributed by atoms with E-state index < -0.39 is 5.91 Å². The number of primary amides is 1. The highest BCUT2D eigenvalue weighted by Gasteiger charge is 2.17. The molecule has 1 heterocycles. The molecule has 0 aliphatic rings. The zero-order valence-corrected chi connectivity index (χ0v) is 14.4. The molecule has 0 aliphatic carbocycles. The van der Waals surface area contributed by atoms with Crippen LogP contribution in [0.1, 0.15) is 34.6 Å². The van der Waals surface area contributed by atoms with Gasteiger partial charge in [0.2, 0.25) is 0 Å².